The van der Waals surface area contributed by atoms with Crippen LogP contribution in [0.15, 0.2) is 54.4 Å². The number of halogens is 3. The smallest absolute Gasteiger partial charge is 0.406 e. The van der Waals surface area contributed by atoms with E-state index >= 15 is 0 Å². The molecule has 2 atom stereocenters. The van der Waals surface area contributed by atoms with Gasteiger partial charge in [-0.05, 0) is 62.1 Å². The topological polar surface area (TPSA) is 80.7 Å². The van der Waals surface area contributed by atoms with E-state index in [1.165, 1.54) is 12.1 Å². The molecule has 0 bridgehead atoms. The second kappa shape index (κ2) is 9.49. The molecule has 3 aromatic rings. The van der Waals surface area contributed by atoms with Crippen molar-refractivity contribution in [3.8, 4) is 16.9 Å². The Labute approximate surface area is 200 Å². The van der Waals surface area contributed by atoms with Crippen LogP contribution in [0.3, 0.4) is 0 Å². The van der Waals surface area contributed by atoms with E-state index in [1.807, 2.05) is 25.1 Å². The van der Waals surface area contributed by atoms with E-state index in [4.69, 9.17) is 18.0 Å². The summed E-state index contributed by atoms with van der Waals surface area (Å²) in [6, 6.07) is 9.45. The van der Waals surface area contributed by atoms with Gasteiger partial charge >= 0.3 is 6.36 Å². The van der Waals surface area contributed by atoms with Crippen molar-refractivity contribution in [2.75, 3.05) is 18.4 Å². The van der Waals surface area contributed by atoms with Gasteiger partial charge in [0, 0.05) is 36.6 Å². The largest absolute Gasteiger partial charge is 0.573 e. The predicted octanol–water partition coefficient (Wildman–Crippen LogP) is 4.61. The van der Waals surface area contributed by atoms with Crippen LogP contribution >= 0.6 is 12.2 Å². The van der Waals surface area contributed by atoms with Gasteiger partial charge in [0.25, 0.3) is 0 Å². The first kappa shape index (κ1) is 23.8. The van der Waals surface area contributed by atoms with Crippen molar-refractivity contribution in [2.45, 2.75) is 32.7 Å². The molecule has 0 spiro atoms. The first-order chi connectivity index (χ1) is 16.1. The number of rotatable bonds is 6. The van der Waals surface area contributed by atoms with E-state index < -0.39 is 6.36 Å². The number of nitrogens with one attached hydrogen (secondary N) is 1. The molecule has 0 amide bonds. The number of hydrogen-bond donors (Lipinski definition) is 2. The van der Waals surface area contributed by atoms with E-state index in [9.17, 15) is 13.2 Å². The maximum Gasteiger partial charge on any atom is 0.573 e. The molecule has 180 valence electrons. The summed E-state index contributed by atoms with van der Waals surface area (Å²) in [7, 11) is 0. The molecule has 1 aliphatic heterocycles. The molecular weight excluding hydrogens is 465 g/mol. The number of fused-ring (bicyclic) bond motifs is 1. The standard InChI is InChI=1S/C23H25F3N6OS/c1-14(27)12-20(34)31-11-9-17(13-31)15(2)28-22-29-21-19(4-3-10-32(21)30-22)16-5-7-18(8-6-16)33-23(24,25)26/h3-8,10,12,15,17H,9,11,13,27H2,1-2H3,(H,28,30). The third-order valence-corrected chi connectivity index (χ3v) is 6.09. The minimum absolute atomic E-state index is 0.107. The molecule has 0 saturated carbocycles. The predicted molar refractivity (Wildman–Crippen MR) is 128 cm³/mol. The van der Waals surface area contributed by atoms with Crippen molar-refractivity contribution in [3.63, 3.8) is 0 Å². The van der Waals surface area contributed by atoms with Crippen LogP contribution in [0.25, 0.3) is 16.8 Å². The molecule has 0 aliphatic carbocycles. The summed E-state index contributed by atoms with van der Waals surface area (Å²) in [5.41, 5.74) is 8.48. The second-order valence-corrected chi connectivity index (χ2v) is 8.77. The highest BCUT2D eigenvalue weighted by molar-refractivity contribution is 7.80. The SMILES string of the molecule is CC(N)=CC(=S)N1CCC(C(C)Nc2nc3c(-c4ccc(OC(F)(F)F)cc4)cccn3n2)C1. The molecule has 2 unspecified atom stereocenters. The van der Waals surface area contributed by atoms with Gasteiger partial charge in [-0.3, -0.25) is 0 Å². The van der Waals surface area contributed by atoms with Crippen LogP contribution < -0.4 is 15.8 Å². The fourth-order valence-corrected chi connectivity index (χ4v) is 4.38. The van der Waals surface area contributed by atoms with Gasteiger partial charge in [-0.25, -0.2) is 4.52 Å². The van der Waals surface area contributed by atoms with E-state index in [-0.39, 0.29) is 11.8 Å². The molecule has 1 aliphatic rings. The highest BCUT2D eigenvalue weighted by atomic mass is 32.1. The number of nitrogens with two attached hydrogens (primary N) is 1. The van der Waals surface area contributed by atoms with Gasteiger partial charge in [-0.15, -0.1) is 18.3 Å². The lowest BCUT2D eigenvalue weighted by Crippen LogP contribution is -2.31. The third-order valence-electron chi connectivity index (χ3n) is 5.71. The van der Waals surface area contributed by atoms with Crippen molar-refractivity contribution < 1.29 is 17.9 Å². The molecule has 3 heterocycles. The second-order valence-electron chi connectivity index (χ2n) is 8.35. The number of ether oxygens (including phenoxy) is 1. The normalized spacial score (nSPS) is 17.7. The maximum absolute atomic E-state index is 12.4. The van der Waals surface area contributed by atoms with Crippen LogP contribution in [0.2, 0.25) is 0 Å². The zero-order valence-electron chi connectivity index (χ0n) is 18.7. The van der Waals surface area contributed by atoms with Crippen LogP contribution in [0, 0.1) is 5.92 Å². The fourth-order valence-electron chi connectivity index (χ4n) is 4.03. The molecule has 0 radical (unpaired) electrons. The molecule has 1 aromatic carbocycles. The monoisotopic (exact) mass is 490 g/mol. The minimum Gasteiger partial charge on any atom is -0.406 e. The summed E-state index contributed by atoms with van der Waals surface area (Å²) in [4.78, 5) is 7.54. The van der Waals surface area contributed by atoms with Gasteiger partial charge in [0.15, 0.2) is 5.65 Å². The molecular formula is C23H25F3N6OS. The summed E-state index contributed by atoms with van der Waals surface area (Å²) >= 11 is 5.46. The van der Waals surface area contributed by atoms with Crippen LogP contribution in [-0.4, -0.2) is 50.0 Å². The fraction of sp³-hybridized carbons (Fsp3) is 0.348. The number of aromatic nitrogens is 3. The number of likely N-dealkylation sites (tertiary alicyclic amines) is 1. The highest BCUT2D eigenvalue weighted by Crippen LogP contribution is 2.29. The zero-order chi connectivity index (χ0) is 24.5. The van der Waals surface area contributed by atoms with Gasteiger partial charge in [0.1, 0.15) is 10.7 Å². The Balaban J connectivity index is 1.48. The van der Waals surface area contributed by atoms with E-state index in [1.54, 1.807) is 22.8 Å². The van der Waals surface area contributed by atoms with Crippen LogP contribution in [-0.2, 0) is 0 Å². The number of nitrogens with zero attached hydrogens (tertiary/aromatic N) is 4. The number of hydrogen-bond acceptors (Lipinski definition) is 6. The van der Waals surface area contributed by atoms with Gasteiger partial charge < -0.3 is 20.7 Å². The highest BCUT2D eigenvalue weighted by Gasteiger charge is 2.31. The first-order valence-corrected chi connectivity index (χ1v) is 11.2. The Kier molecular flexibility index (Phi) is 6.65. The molecule has 7 nitrogen and oxygen atoms in total. The minimum atomic E-state index is -4.73. The van der Waals surface area contributed by atoms with Crippen LogP contribution in [0.4, 0.5) is 19.1 Å². The van der Waals surface area contributed by atoms with Gasteiger partial charge in [-0.1, -0.05) is 24.4 Å². The average Bonchev–Trinajstić information content (AvgIpc) is 3.39. The van der Waals surface area contributed by atoms with E-state index in [0.717, 1.165) is 30.1 Å². The van der Waals surface area contributed by atoms with Crippen molar-refractivity contribution in [3.05, 3.63) is 54.4 Å². The molecule has 11 heteroatoms. The molecule has 2 aromatic heterocycles. The number of pyridine rings is 1. The Morgan fingerprint density at radius 3 is 2.71 bits per heavy atom. The first-order valence-electron chi connectivity index (χ1n) is 10.8. The van der Waals surface area contributed by atoms with Crippen molar-refractivity contribution >= 4 is 28.8 Å². The Morgan fingerprint density at radius 2 is 2.03 bits per heavy atom. The van der Waals surface area contributed by atoms with Crippen LogP contribution in [0.5, 0.6) is 5.75 Å². The van der Waals surface area contributed by atoms with E-state index in [0.29, 0.717) is 28.8 Å². The Hall–Kier alpha value is -3.34. The lowest BCUT2D eigenvalue weighted by Gasteiger charge is -2.21. The number of alkyl halides is 3. The lowest BCUT2D eigenvalue weighted by molar-refractivity contribution is -0.274. The third kappa shape index (κ3) is 5.58. The lowest BCUT2D eigenvalue weighted by atomic mass is 10.0. The average molecular weight is 491 g/mol. The Morgan fingerprint density at radius 1 is 1.29 bits per heavy atom. The summed E-state index contributed by atoms with van der Waals surface area (Å²) in [6.45, 7) is 5.60. The number of allylic oxidation sites excluding steroid dienone is 1. The van der Waals surface area contributed by atoms with Gasteiger partial charge in [-0.2, -0.15) is 4.98 Å². The van der Waals surface area contributed by atoms with E-state index in [2.05, 4.69) is 32.0 Å². The maximum atomic E-state index is 12.4. The summed E-state index contributed by atoms with van der Waals surface area (Å²) in [5, 5.41) is 7.91. The zero-order valence-corrected chi connectivity index (χ0v) is 19.5. The van der Waals surface area contributed by atoms with Crippen molar-refractivity contribution in [1.82, 2.24) is 19.5 Å². The van der Waals surface area contributed by atoms with Crippen molar-refractivity contribution in [2.24, 2.45) is 11.7 Å². The van der Waals surface area contributed by atoms with Crippen LogP contribution in [0.1, 0.15) is 20.3 Å². The number of anilines is 1. The number of thiocarbonyl (C=S) groups is 1. The van der Waals surface area contributed by atoms with Gasteiger partial charge in [0.2, 0.25) is 5.95 Å². The molecule has 1 saturated heterocycles. The molecule has 4 rings (SSSR count). The molecule has 1 fully saturated rings. The summed E-state index contributed by atoms with van der Waals surface area (Å²) in [5.74, 6) is 0.565. The quantitative estimate of drug-likeness (QED) is 0.386. The van der Waals surface area contributed by atoms with Gasteiger partial charge in [0.05, 0.1) is 0 Å². The summed E-state index contributed by atoms with van der Waals surface area (Å²) < 4.78 is 42.9. The Bertz CT molecular complexity index is 1200. The molecule has 3 N–H and O–H groups in total. The summed E-state index contributed by atoms with van der Waals surface area (Å²) in [6.07, 6.45) is -0.160. The number of benzene rings is 1. The van der Waals surface area contributed by atoms with Crippen molar-refractivity contribution in [1.29, 1.82) is 0 Å². The molecule has 34 heavy (non-hydrogen) atoms.